The Morgan fingerprint density at radius 3 is 2.89 bits per heavy atom. The number of pyridine rings is 1. The second kappa shape index (κ2) is 4.20. The van der Waals surface area contributed by atoms with Gasteiger partial charge < -0.3 is 9.51 Å². The van der Waals surface area contributed by atoms with Gasteiger partial charge in [0.05, 0.1) is 0 Å². The molecule has 0 aliphatic heterocycles. The molecule has 5 heteroatoms. The molecule has 0 saturated carbocycles. The van der Waals surface area contributed by atoms with Crippen LogP contribution in [0.3, 0.4) is 0 Å². The Balaban J connectivity index is 2.23. The van der Waals surface area contributed by atoms with E-state index in [1.165, 1.54) is 6.33 Å². The number of carboxylic acid groups (broad SMARTS) is 1. The van der Waals surface area contributed by atoms with E-state index in [1.807, 2.05) is 29.5 Å². The van der Waals surface area contributed by atoms with Crippen LogP contribution >= 0.6 is 0 Å². The fraction of sp³-hybridized carbons (Fsp3) is 0.0714. The van der Waals surface area contributed by atoms with Crippen molar-refractivity contribution in [3.05, 3.63) is 54.4 Å². The van der Waals surface area contributed by atoms with E-state index in [2.05, 4.69) is 9.97 Å². The molecule has 0 aromatic carbocycles. The number of aryl methyl sites for hydroxylation is 1. The third-order valence-corrected chi connectivity index (χ3v) is 3.11. The second-order valence-electron chi connectivity index (χ2n) is 4.26. The van der Waals surface area contributed by atoms with Gasteiger partial charge in [0.2, 0.25) is 0 Å². The van der Waals surface area contributed by atoms with Crippen LogP contribution in [0.1, 0.15) is 16.2 Å². The summed E-state index contributed by atoms with van der Waals surface area (Å²) >= 11 is 0. The van der Waals surface area contributed by atoms with Gasteiger partial charge >= 0.3 is 5.97 Å². The molecule has 19 heavy (non-hydrogen) atoms. The number of fused-ring (bicyclic) bond motifs is 1. The van der Waals surface area contributed by atoms with Gasteiger partial charge in [0.25, 0.3) is 0 Å². The predicted molar refractivity (Wildman–Crippen MR) is 70.1 cm³/mol. The van der Waals surface area contributed by atoms with E-state index in [0.29, 0.717) is 0 Å². The molecule has 0 amide bonds. The van der Waals surface area contributed by atoms with Crippen molar-refractivity contribution in [2.45, 2.75) is 6.92 Å². The molecular formula is C14H11N3O2. The van der Waals surface area contributed by atoms with Crippen LogP contribution < -0.4 is 0 Å². The first-order valence-electron chi connectivity index (χ1n) is 5.78. The summed E-state index contributed by atoms with van der Waals surface area (Å²) in [5, 5.41) is 8.96. The van der Waals surface area contributed by atoms with Crippen molar-refractivity contribution < 1.29 is 9.90 Å². The highest BCUT2D eigenvalue weighted by Crippen LogP contribution is 2.26. The molecule has 3 rings (SSSR count). The fourth-order valence-corrected chi connectivity index (χ4v) is 2.14. The molecule has 0 fully saturated rings. The molecule has 3 aromatic heterocycles. The molecule has 1 N–H and O–H groups in total. The molecule has 3 aromatic rings. The smallest absolute Gasteiger partial charge is 0.354 e. The lowest BCUT2D eigenvalue weighted by atomic mass is 10.1. The van der Waals surface area contributed by atoms with E-state index in [1.54, 1.807) is 18.5 Å². The van der Waals surface area contributed by atoms with E-state index in [-0.39, 0.29) is 5.69 Å². The number of hydrogen-bond donors (Lipinski definition) is 1. The molecule has 0 unspecified atom stereocenters. The van der Waals surface area contributed by atoms with Crippen LogP contribution in [0, 0.1) is 6.92 Å². The van der Waals surface area contributed by atoms with Gasteiger partial charge in [-0.1, -0.05) is 6.07 Å². The van der Waals surface area contributed by atoms with Crippen molar-refractivity contribution in [3.8, 4) is 11.1 Å². The van der Waals surface area contributed by atoms with E-state index in [0.717, 1.165) is 22.3 Å². The molecule has 0 spiro atoms. The standard InChI is InChI=1S/C14H11N3O2/c1-9-12(10-3-2-4-15-7-10)5-11-6-13(14(18)19)16-8-17(9)11/h2-8H,1H3,(H,18,19). The minimum absolute atomic E-state index is 0.0442. The van der Waals surface area contributed by atoms with Crippen LogP contribution in [0.5, 0.6) is 0 Å². The Kier molecular flexibility index (Phi) is 2.52. The quantitative estimate of drug-likeness (QED) is 0.761. The van der Waals surface area contributed by atoms with Gasteiger partial charge in [-0.3, -0.25) is 4.98 Å². The largest absolute Gasteiger partial charge is 0.477 e. The first kappa shape index (κ1) is 11.4. The van der Waals surface area contributed by atoms with Crippen molar-refractivity contribution in [1.82, 2.24) is 14.4 Å². The average molecular weight is 253 g/mol. The minimum atomic E-state index is -1.02. The number of carboxylic acids is 1. The van der Waals surface area contributed by atoms with Crippen LogP contribution in [0.25, 0.3) is 16.6 Å². The van der Waals surface area contributed by atoms with Crippen molar-refractivity contribution in [3.63, 3.8) is 0 Å². The molecule has 0 atom stereocenters. The van der Waals surface area contributed by atoms with Crippen LogP contribution in [0.2, 0.25) is 0 Å². The van der Waals surface area contributed by atoms with E-state index in [4.69, 9.17) is 5.11 Å². The molecule has 5 nitrogen and oxygen atoms in total. The number of aromatic carboxylic acids is 1. The number of hydrogen-bond acceptors (Lipinski definition) is 3. The lowest BCUT2D eigenvalue weighted by Crippen LogP contribution is -2.01. The Labute approximate surface area is 109 Å². The van der Waals surface area contributed by atoms with Crippen LogP contribution in [-0.4, -0.2) is 25.4 Å². The third-order valence-electron chi connectivity index (χ3n) is 3.11. The van der Waals surface area contributed by atoms with Crippen LogP contribution in [0.15, 0.2) is 43.0 Å². The zero-order valence-electron chi connectivity index (χ0n) is 10.2. The Morgan fingerprint density at radius 2 is 2.21 bits per heavy atom. The summed E-state index contributed by atoms with van der Waals surface area (Å²) in [7, 11) is 0. The van der Waals surface area contributed by atoms with Crippen molar-refractivity contribution in [2.24, 2.45) is 0 Å². The van der Waals surface area contributed by atoms with E-state index in [9.17, 15) is 4.79 Å². The molecule has 3 heterocycles. The van der Waals surface area contributed by atoms with Gasteiger partial charge in [0.1, 0.15) is 6.33 Å². The predicted octanol–water partition coefficient (Wildman–Crippen LogP) is 2.40. The number of carbonyl (C=O) groups is 1. The second-order valence-corrected chi connectivity index (χ2v) is 4.26. The molecule has 0 aliphatic rings. The lowest BCUT2D eigenvalue weighted by molar-refractivity contribution is 0.0690. The summed E-state index contributed by atoms with van der Waals surface area (Å²) in [5.41, 5.74) is 3.89. The molecular weight excluding hydrogens is 242 g/mol. The highest BCUT2D eigenvalue weighted by molar-refractivity contribution is 5.87. The first-order valence-corrected chi connectivity index (χ1v) is 5.78. The van der Waals surface area contributed by atoms with Crippen molar-refractivity contribution in [2.75, 3.05) is 0 Å². The van der Waals surface area contributed by atoms with E-state index >= 15 is 0 Å². The Bertz CT molecular complexity index is 763. The van der Waals surface area contributed by atoms with Gasteiger partial charge in [-0.05, 0) is 25.1 Å². The van der Waals surface area contributed by atoms with Gasteiger partial charge in [0.15, 0.2) is 5.69 Å². The lowest BCUT2D eigenvalue weighted by Gasteiger charge is -2.00. The number of nitrogens with zero attached hydrogens (tertiary/aromatic N) is 3. The highest BCUT2D eigenvalue weighted by Gasteiger charge is 2.11. The van der Waals surface area contributed by atoms with Gasteiger partial charge in [-0.25, -0.2) is 9.78 Å². The fourth-order valence-electron chi connectivity index (χ4n) is 2.14. The molecule has 0 bridgehead atoms. The van der Waals surface area contributed by atoms with Gasteiger partial charge in [-0.15, -0.1) is 0 Å². The summed E-state index contributed by atoms with van der Waals surface area (Å²) in [6.07, 6.45) is 5.04. The van der Waals surface area contributed by atoms with E-state index < -0.39 is 5.97 Å². The van der Waals surface area contributed by atoms with Crippen molar-refractivity contribution >= 4 is 11.5 Å². The topological polar surface area (TPSA) is 67.5 Å². The Morgan fingerprint density at radius 1 is 1.37 bits per heavy atom. The zero-order valence-corrected chi connectivity index (χ0v) is 10.2. The average Bonchev–Trinajstić information content (AvgIpc) is 2.76. The summed E-state index contributed by atoms with van der Waals surface area (Å²) in [6, 6.07) is 7.36. The SMILES string of the molecule is Cc1c(-c2cccnc2)cc2cc(C(=O)O)ncn12. The monoisotopic (exact) mass is 253 g/mol. The highest BCUT2D eigenvalue weighted by atomic mass is 16.4. The molecule has 94 valence electrons. The molecule has 0 radical (unpaired) electrons. The zero-order chi connectivity index (χ0) is 13.4. The molecule has 0 aliphatic carbocycles. The minimum Gasteiger partial charge on any atom is -0.477 e. The summed E-state index contributed by atoms with van der Waals surface area (Å²) in [5.74, 6) is -1.02. The maximum Gasteiger partial charge on any atom is 0.354 e. The normalized spacial score (nSPS) is 10.8. The number of rotatable bonds is 2. The van der Waals surface area contributed by atoms with Crippen LogP contribution in [-0.2, 0) is 0 Å². The van der Waals surface area contributed by atoms with Gasteiger partial charge in [0, 0.05) is 34.7 Å². The maximum absolute atomic E-state index is 10.9. The summed E-state index contributed by atoms with van der Waals surface area (Å²) < 4.78 is 1.87. The third kappa shape index (κ3) is 1.85. The first-order chi connectivity index (χ1) is 9.16. The van der Waals surface area contributed by atoms with Crippen molar-refractivity contribution in [1.29, 1.82) is 0 Å². The van der Waals surface area contributed by atoms with Crippen LogP contribution in [0.4, 0.5) is 0 Å². The molecule has 0 saturated heterocycles. The Hall–Kier alpha value is -2.69. The maximum atomic E-state index is 10.9. The number of aromatic nitrogens is 3. The van der Waals surface area contributed by atoms with Gasteiger partial charge in [-0.2, -0.15) is 0 Å². The summed E-state index contributed by atoms with van der Waals surface area (Å²) in [6.45, 7) is 1.97. The summed E-state index contributed by atoms with van der Waals surface area (Å²) in [4.78, 5) is 18.9.